The number of hydrogen-bond acceptors (Lipinski definition) is 6. The number of methoxy groups -OCH3 is 1. The number of carbonyl (C=O) groups excluding carboxylic acids is 2. The Labute approximate surface area is 197 Å². The standard InChI is InChI=1S/C25H27N5O4/c1-17-7-6-8-19(15-17)30(23(31)16-29-21-10-5-4-9-20(21)27-28-29)24(22-12-11-18(2)34-22)25(32)26-13-14-33-3/h4-12,15,24H,13-14,16H2,1-3H3,(H,26,32). The summed E-state index contributed by atoms with van der Waals surface area (Å²) in [5.41, 5.74) is 2.95. The molecule has 0 aliphatic rings. The van der Waals surface area contributed by atoms with E-state index in [0.29, 0.717) is 35.9 Å². The smallest absolute Gasteiger partial charge is 0.251 e. The van der Waals surface area contributed by atoms with Gasteiger partial charge in [-0.05, 0) is 55.8 Å². The Bertz CT molecular complexity index is 1300. The van der Waals surface area contributed by atoms with Crippen molar-refractivity contribution in [3.05, 3.63) is 77.7 Å². The van der Waals surface area contributed by atoms with Crippen molar-refractivity contribution in [2.24, 2.45) is 0 Å². The number of furan rings is 1. The van der Waals surface area contributed by atoms with Gasteiger partial charge in [0.25, 0.3) is 5.91 Å². The SMILES string of the molecule is COCCNC(=O)C(c1ccc(C)o1)N(C(=O)Cn1nnc2ccccc21)c1cccc(C)c1. The Kier molecular flexibility index (Phi) is 7.03. The number of hydrogen-bond donors (Lipinski definition) is 1. The van der Waals surface area contributed by atoms with Crippen molar-refractivity contribution in [3.8, 4) is 0 Å². The number of carbonyl (C=O) groups is 2. The van der Waals surface area contributed by atoms with Gasteiger partial charge in [0.1, 0.15) is 23.6 Å². The minimum Gasteiger partial charge on any atom is -0.464 e. The van der Waals surface area contributed by atoms with Crippen molar-refractivity contribution in [2.75, 3.05) is 25.2 Å². The molecule has 1 N–H and O–H groups in total. The van der Waals surface area contributed by atoms with Crippen LogP contribution in [0, 0.1) is 13.8 Å². The maximum absolute atomic E-state index is 13.8. The second-order valence-electron chi connectivity index (χ2n) is 7.97. The third-order valence-corrected chi connectivity index (χ3v) is 5.40. The number of benzene rings is 2. The molecular weight excluding hydrogens is 434 g/mol. The molecule has 0 bridgehead atoms. The number of amides is 2. The Balaban J connectivity index is 1.76. The summed E-state index contributed by atoms with van der Waals surface area (Å²) in [7, 11) is 1.56. The van der Waals surface area contributed by atoms with Gasteiger partial charge in [0, 0.05) is 19.3 Å². The zero-order valence-electron chi connectivity index (χ0n) is 19.4. The summed E-state index contributed by atoms with van der Waals surface area (Å²) in [5.74, 6) is 0.307. The molecule has 0 saturated heterocycles. The van der Waals surface area contributed by atoms with Gasteiger partial charge < -0.3 is 14.5 Å². The monoisotopic (exact) mass is 461 g/mol. The van der Waals surface area contributed by atoms with Crippen molar-refractivity contribution in [1.82, 2.24) is 20.3 Å². The molecule has 0 fully saturated rings. The summed E-state index contributed by atoms with van der Waals surface area (Å²) < 4.78 is 12.4. The molecule has 0 radical (unpaired) electrons. The van der Waals surface area contributed by atoms with Crippen molar-refractivity contribution < 1.29 is 18.7 Å². The number of nitrogens with zero attached hydrogens (tertiary/aromatic N) is 4. The summed E-state index contributed by atoms with van der Waals surface area (Å²) in [4.78, 5) is 28.7. The lowest BCUT2D eigenvalue weighted by molar-refractivity contribution is -0.127. The van der Waals surface area contributed by atoms with E-state index in [2.05, 4.69) is 15.6 Å². The summed E-state index contributed by atoms with van der Waals surface area (Å²) in [5, 5.41) is 11.1. The van der Waals surface area contributed by atoms with Crippen LogP contribution in [0.1, 0.15) is 23.1 Å². The molecule has 9 heteroatoms. The Hall–Kier alpha value is -3.98. The van der Waals surface area contributed by atoms with Gasteiger partial charge in [0.15, 0.2) is 6.04 Å². The average Bonchev–Trinajstić information content (AvgIpc) is 3.43. The molecule has 34 heavy (non-hydrogen) atoms. The van der Waals surface area contributed by atoms with E-state index in [9.17, 15) is 9.59 Å². The number of aryl methyl sites for hydroxylation is 2. The van der Waals surface area contributed by atoms with Crippen molar-refractivity contribution in [1.29, 1.82) is 0 Å². The molecule has 2 amide bonds. The van der Waals surface area contributed by atoms with Crippen LogP contribution in [0.3, 0.4) is 0 Å². The number of rotatable bonds is 9. The Morgan fingerprint density at radius 1 is 1.12 bits per heavy atom. The largest absolute Gasteiger partial charge is 0.464 e. The van der Waals surface area contributed by atoms with Crippen LogP contribution < -0.4 is 10.2 Å². The van der Waals surface area contributed by atoms with Gasteiger partial charge in [-0.25, -0.2) is 4.68 Å². The minimum atomic E-state index is -1.02. The number of ether oxygens (including phenoxy) is 1. The van der Waals surface area contributed by atoms with E-state index < -0.39 is 6.04 Å². The highest BCUT2D eigenvalue weighted by molar-refractivity contribution is 6.01. The quantitative estimate of drug-likeness (QED) is 0.384. The number of anilines is 1. The predicted molar refractivity (Wildman–Crippen MR) is 127 cm³/mol. The molecule has 4 aromatic rings. The molecule has 0 aliphatic carbocycles. The van der Waals surface area contributed by atoms with Gasteiger partial charge in [0.05, 0.1) is 12.1 Å². The fraction of sp³-hybridized carbons (Fsp3) is 0.280. The maximum Gasteiger partial charge on any atom is 0.251 e. The molecule has 1 atom stereocenters. The van der Waals surface area contributed by atoms with E-state index in [4.69, 9.17) is 9.15 Å². The number of para-hydroxylation sites is 1. The molecule has 4 rings (SSSR count). The second-order valence-corrected chi connectivity index (χ2v) is 7.97. The zero-order chi connectivity index (χ0) is 24.1. The van der Waals surface area contributed by atoms with E-state index >= 15 is 0 Å². The average molecular weight is 462 g/mol. The van der Waals surface area contributed by atoms with E-state index in [0.717, 1.165) is 11.1 Å². The van der Waals surface area contributed by atoms with Crippen LogP contribution in [0.5, 0.6) is 0 Å². The van der Waals surface area contributed by atoms with E-state index in [1.807, 2.05) is 49.4 Å². The van der Waals surface area contributed by atoms with Gasteiger partial charge in [-0.15, -0.1) is 5.10 Å². The Morgan fingerprint density at radius 3 is 2.68 bits per heavy atom. The topological polar surface area (TPSA) is 102 Å². The van der Waals surface area contributed by atoms with Crippen LogP contribution in [0.2, 0.25) is 0 Å². The van der Waals surface area contributed by atoms with Crippen LogP contribution in [-0.4, -0.2) is 47.1 Å². The first kappa shape index (κ1) is 23.2. The maximum atomic E-state index is 13.8. The molecule has 0 saturated carbocycles. The summed E-state index contributed by atoms with van der Waals surface area (Å²) >= 11 is 0. The summed E-state index contributed by atoms with van der Waals surface area (Å²) in [6, 6.07) is 17.3. The van der Waals surface area contributed by atoms with E-state index in [1.54, 1.807) is 32.2 Å². The molecule has 2 aromatic heterocycles. The lowest BCUT2D eigenvalue weighted by Crippen LogP contribution is -2.45. The number of aromatic nitrogens is 3. The summed E-state index contributed by atoms with van der Waals surface area (Å²) in [6.45, 7) is 4.27. The molecule has 9 nitrogen and oxygen atoms in total. The molecule has 0 aliphatic heterocycles. The first-order chi connectivity index (χ1) is 16.5. The first-order valence-electron chi connectivity index (χ1n) is 11.0. The highest BCUT2D eigenvalue weighted by Gasteiger charge is 2.35. The van der Waals surface area contributed by atoms with Gasteiger partial charge >= 0.3 is 0 Å². The van der Waals surface area contributed by atoms with E-state index in [1.165, 1.54) is 9.58 Å². The fourth-order valence-corrected chi connectivity index (χ4v) is 3.80. The second kappa shape index (κ2) is 10.3. The van der Waals surface area contributed by atoms with Crippen molar-refractivity contribution in [3.63, 3.8) is 0 Å². The molecule has 1 unspecified atom stereocenters. The molecule has 2 heterocycles. The lowest BCUT2D eigenvalue weighted by atomic mass is 10.1. The molecule has 0 spiro atoms. The van der Waals surface area contributed by atoms with Crippen LogP contribution in [0.25, 0.3) is 11.0 Å². The normalized spacial score (nSPS) is 12.0. The zero-order valence-corrected chi connectivity index (χ0v) is 19.4. The van der Waals surface area contributed by atoms with Crippen LogP contribution in [-0.2, 0) is 20.9 Å². The third-order valence-electron chi connectivity index (χ3n) is 5.40. The Morgan fingerprint density at radius 2 is 1.94 bits per heavy atom. The van der Waals surface area contributed by atoms with Crippen molar-refractivity contribution in [2.45, 2.75) is 26.4 Å². The van der Waals surface area contributed by atoms with Gasteiger partial charge in [0.2, 0.25) is 5.91 Å². The highest BCUT2D eigenvalue weighted by Crippen LogP contribution is 2.30. The van der Waals surface area contributed by atoms with Gasteiger partial charge in [-0.2, -0.15) is 0 Å². The summed E-state index contributed by atoms with van der Waals surface area (Å²) in [6.07, 6.45) is 0. The fourth-order valence-electron chi connectivity index (χ4n) is 3.80. The third kappa shape index (κ3) is 4.99. The lowest BCUT2D eigenvalue weighted by Gasteiger charge is -2.30. The van der Waals surface area contributed by atoms with Crippen LogP contribution in [0.15, 0.2) is 65.1 Å². The minimum absolute atomic E-state index is 0.101. The van der Waals surface area contributed by atoms with E-state index in [-0.39, 0.29) is 18.4 Å². The van der Waals surface area contributed by atoms with Crippen LogP contribution in [0.4, 0.5) is 5.69 Å². The number of nitrogens with one attached hydrogen (secondary N) is 1. The number of fused-ring (bicyclic) bond motifs is 1. The molecular formula is C25H27N5O4. The van der Waals surface area contributed by atoms with Gasteiger partial charge in [-0.1, -0.05) is 29.5 Å². The predicted octanol–water partition coefficient (Wildman–Crippen LogP) is 3.18. The molecule has 2 aromatic carbocycles. The highest BCUT2D eigenvalue weighted by atomic mass is 16.5. The van der Waals surface area contributed by atoms with Crippen LogP contribution >= 0.6 is 0 Å². The van der Waals surface area contributed by atoms with Crippen molar-refractivity contribution >= 4 is 28.5 Å². The first-order valence-corrected chi connectivity index (χ1v) is 11.0. The molecule has 176 valence electrons. The van der Waals surface area contributed by atoms with Gasteiger partial charge in [-0.3, -0.25) is 14.5 Å².